The molecule has 0 amide bonds. The van der Waals surface area contributed by atoms with Crippen molar-refractivity contribution >= 4 is 22.7 Å². The van der Waals surface area contributed by atoms with Crippen LogP contribution in [0.5, 0.6) is 0 Å². The van der Waals surface area contributed by atoms with Gasteiger partial charge >= 0.3 is 0 Å². The van der Waals surface area contributed by atoms with Crippen LogP contribution in [0.15, 0.2) is 59.0 Å². The standard InChI is InChI=1S/C17H14FN3OS/c18-15-8-12(6-7-14(15)10-22)9-19-21-17-20-16(11-23-17)13-4-2-1-3-5-13/h1-9,11,22H,10H2,(H,20,21). The van der Waals surface area contributed by atoms with Crippen LogP contribution in [0.2, 0.25) is 0 Å². The first-order valence-electron chi connectivity index (χ1n) is 6.95. The minimum absolute atomic E-state index is 0.266. The van der Waals surface area contributed by atoms with Gasteiger partial charge in [0.1, 0.15) is 5.82 Å². The molecule has 0 atom stereocenters. The lowest BCUT2D eigenvalue weighted by Crippen LogP contribution is -1.94. The molecule has 3 rings (SSSR count). The SMILES string of the molecule is OCc1ccc(C=NNc2nc(-c3ccccc3)cs2)cc1F. The zero-order chi connectivity index (χ0) is 16.1. The van der Waals surface area contributed by atoms with E-state index in [0.29, 0.717) is 10.7 Å². The van der Waals surface area contributed by atoms with Crippen molar-refractivity contribution in [3.63, 3.8) is 0 Å². The summed E-state index contributed by atoms with van der Waals surface area (Å²) in [5.41, 5.74) is 5.63. The van der Waals surface area contributed by atoms with Gasteiger partial charge in [0.2, 0.25) is 5.13 Å². The molecule has 4 nitrogen and oxygen atoms in total. The van der Waals surface area contributed by atoms with Crippen molar-refractivity contribution in [2.24, 2.45) is 5.10 Å². The third-order valence-corrected chi connectivity index (χ3v) is 3.94. The van der Waals surface area contributed by atoms with Crippen LogP contribution in [-0.4, -0.2) is 16.3 Å². The number of anilines is 1. The Morgan fingerprint density at radius 3 is 2.78 bits per heavy atom. The molecule has 0 radical (unpaired) electrons. The maximum absolute atomic E-state index is 13.5. The zero-order valence-corrected chi connectivity index (χ0v) is 12.9. The predicted octanol–water partition coefficient (Wildman–Crippen LogP) is 3.89. The van der Waals surface area contributed by atoms with Crippen molar-refractivity contribution < 1.29 is 9.50 Å². The Morgan fingerprint density at radius 1 is 1.22 bits per heavy atom. The molecule has 1 heterocycles. The van der Waals surface area contributed by atoms with Crippen molar-refractivity contribution in [3.8, 4) is 11.3 Å². The average Bonchev–Trinajstić information content (AvgIpc) is 3.05. The normalized spacial score (nSPS) is 11.0. The van der Waals surface area contributed by atoms with E-state index in [-0.39, 0.29) is 12.2 Å². The van der Waals surface area contributed by atoms with Crippen LogP contribution in [0, 0.1) is 5.82 Å². The number of nitrogens with zero attached hydrogens (tertiary/aromatic N) is 2. The van der Waals surface area contributed by atoms with Crippen LogP contribution in [0.25, 0.3) is 11.3 Å². The van der Waals surface area contributed by atoms with E-state index < -0.39 is 5.82 Å². The van der Waals surface area contributed by atoms with Gasteiger partial charge < -0.3 is 5.11 Å². The summed E-state index contributed by atoms with van der Waals surface area (Å²) >= 11 is 1.45. The first-order valence-corrected chi connectivity index (χ1v) is 7.83. The van der Waals surface area contributed by atoms with E-state index in [2.05, 4.69) is 15.5 Å². The Kier molecular flexibility index (Phi) is 4.75. The largest absolute Gasteiger partial charge is 0.392 e. The second kappa shape index (κ2) is 7.13. The fourth-order valence-corrected chi connectivity index (χ4v) is 2.67. The van der Waals surface area contributed by atoms with Gasteiger partial charge in [-0.15, -0.1) is 11.3 Å². The Balaban J connectivity index is 1.67. The van der Waals surface area contributed by atoms with Gasteiger partial charge in [-0.2, -0.15) is 5.10 Å². The number of hydrogen-bond donors (Lipinski definition) is 2. The molecule has 0 aliphatic heterocycles. The molecule has 0 aliphatic rings. The molecule has 23 heavy (non-hydrogen) atoms. The topological polar surface area (TPSA) is 57.5 Å². The molecule has 0 spiro atoms. The van der Waals surface area contributed by atoms with Gasteiger partial charge in [0.25, 0.3) is 0 Å². The quantitative estimate of drug-likeness (QED) is 0.552. The van der Waals surface area contributed by atoms with E-state index in [4.69, 9.17) is 5.11 Å². The average molecular weight is 327 g/mol. The molecule has 6 heteroatoms. The van der Waals surface area contributed by atoms with Crippen molar-refractivity contribution in [1.82, 2.24) is 4.98 Å². The lowest BCUT2D eigenvalue weighted by Gasteiger charge is -2.00. The maximum Gasteiger partial charge on any atom is 0.203 e. The van der Waals surface area contributed by atoms with Crippen molar-refractivity contribution in [2.75, 3.05) is 5.43 Å². The fraction of sp³-hybridized carbons (Fsp3) is 0.0588. The minimum Gasteiger partial charge on any atom is -0.392 e. The molecule has 0 bridgehead atoms. The molecule has 116 valence electrons. The van der Waals surface area contributed by atoms with Crippen LogP contribution in [0.1, 0.15) is 11.1 Å². The smallest absolute Gasteiger partial charge is 0.203 e. The van der Waals surface area contributed by atoms with Gasteiger partial charge in [-0.1, -0.05) is 42.5 Å². The van der Waals surface area contributed by atoms with Gasteiger partial charge in [-0.05, 0) is 11.6 Å². The van der Waals surface area contributed by atoms with Crippen LogP contribution >= 0.6 is 11.3 Å². The highest BCUT2D eigenvalue weighted by Gasteiger charge is 2.03. The summed E-state index contributed by atoms with van der Waals surface area (Å²) in [7, 11) is 0. The highest BCUT2D eigenvalue weighted by Crippen LogP contribution is 2.24. The number of halogens is 1. The van der Waals surface area contributed by atoms with E-state index in [0.717, 1.165) is 11.3 Å². The molecular formula is C17H14FN3OS. The van der Waals surface area contributed by atoms with E-state index in [1.165, 1.54) is 29.7 Å². The van der Waals surface area contributed by atoms with Gasteiger partial charge in [-0.25, -0.2) is 9.37 Å². The summed E-state index contributed by atoms with van der Waals surface area (Å²) in [6, 6.07) is 14.4. The molecule has 1 aromatic heterocycles. The van der Waals surface area contributed by atoms with Gasteiger partial charge in [0, 0.05) is 16.5 Å². The Labute approximate surface area is 137 Å². The first-order chi connectivity index (χ1) is 11.3. The number of hydrazone groups is 1. The number of benzene rings is 2. The van der Waals surface area contributed by atoms with E-state index in [9.17, 15) is 4.39 Å². The van der Waals surface area contributed by atoms with Crippen LogP contribution < -0.4 is 5.43 Å². The monoisotopic (exact) mass is 327 g/mol. The lowest BCUT2D eigenvalue weighted by atomic mass is 10.1. The minimum atomic E-state index is -0.447. The molecule has 0 saturated heterocycles. The number of aliphatic hydroxyl groups excluding tert-OH is 1. The number of rotatable bonds is 5. The molecule has 2 N–H and O–H groups in total. The number of nitrogens with one attached hydrogen (secondary N) is 1. The van der Waals surface area contributed by atoms with E-state index in [1.54, 1.807) is 6.07 Å². The van der Waals surface area contributed by atoms with E-state index >= 15 is 0 Å². The first kappa shape index (κ1) is 15.3. The molecule has 2 aromatic carbocycles. The molecular weight excluding hydrogens is 313 g/mol. The Hall–Kier alpha value is -2.57. The molecule has 0 aliphatic carbocycles. The Morgan fingerprint density at radius 2 is 2.04 bits per heavy atom. The molecule has 3 aromatic rings. The van der Waals surface area contributed by atoms with Gasteiger partial charge in [0.15, 0.2) is 0 Å². The third-order valence-electron chi connectivity index (χ3n) is 3.20. The highest BCUT2D eigenvalue weighted by molar-refractivity contribution is 7.14. The third kappa shape index (κ3) is 3.80. The van der Waals surface area contributed by atoms with Crippen molar-refractivity contribution in [1.29, 1.82) is 0 Å². The molecule has 0 saturated carbocycles. The van der Waals surface area contributed by atoms with Crippen molar-refractivity contribution in [2.45, 2.75) is 6.61 Å². The summed E-state index contributed by atoms with van der Waals surface area (Å²) in [5.74, 6) is -0.447. The predicted molar refractivity (Wildman–Crippen MR) is 91.1 cm³/mol. The van der Waals surface area contributed by atoms with E-state index in [1.807, 2.05) is 35.7 Å². The number of thiazole rings is 1. The zero-order valence-electron chi connectivity index (χ0n) is 12.1. The summed E-state index contributed by atoms with van der Waals surface area (Å²) in [5, 5.41) is 15.6. The van der Waals surface area contributed by atoms with Gasteiger partial charge in [-0.3, -0.25) is 5.43 Å². The highest BCUT2D eigenvalue weighted by atomic mass is 32.1. The molecule has 0 fully saturated rings. The second-order valence-electron chi connectivity index (χ2n) is 4.78. The van der Waals surface area contributed by atoms with Crippen LogP contribution in [-0.2, 0) is 6.61 Å². The number of hydrogen-bond acceptors (Lipinski definition) is 5. The molecule has 0 unspecified atom stereocenters. The summed E-state index contributed by atoms with van der Waals surface area (Å²) in [6.07, 6.45) is 1.51. The number of aromatic nitrogens is 1. The van der Waals surface area contributed by atoms with Crippen molar-refractivity contribution in [3.05, 3.63) is 70.9 Å². The Bertz CT molecular complexity index is 818. The summed E-state index contributed by atoms with van der Waals surface area (Å²) in [6.45, 7) is -0.317. The summed E-state index contributed by atoms with van der Waals surface area (Å²) < 4.78 is 13.5. The number of aliphatic hydroxyl groups is 1. The van der Waals surface area contributed by atoms with Crippen LogP contribution in [0.4, 0.5) is 9.52 Å². The second-order valence-corrected chi connectivity index (χ2v) is 5.64. The van der Waals surface area contributed by atoms with Crippen LogP contribution in [0.3, 0.4) is 0 Å². The summed E-state index contributed by atoms with van der Waals surface area (Å²) in [4.78, 5) is 4.44. The maximum atomic E-state index is 13.5. The van der Waals surface area contributed by atoms with Gasteiger partial charge in [0.05, 0.1) is 18.5 Å². The fourth-order valence-electron chi connectivity index (χ4n) is 2.00. The lowest BCUT2D eigenvalue weighted by molar-refractivity contribution is 0.276.